The van der Waals surface area contributed by atoms with Crippen LogP contribution in [0.2, 0.25) is 0 Å². The van der Waals surface area contributed by atoms with Crippen molar-refractivity contribution in [1.29, 1.82) is 0 Å². The maximum absolute atomic E-state index is 12.9. The highest BCUT2D eigenvalue weighted by Gasteiger charge is 2.32. The Bertz CT molecular complexity index is 777. The second-order valence-electron chi connectivity index (χ2n) is 7.18. The Hall–Kier alpha value is -2.12. The van der Waals surface area contributed by atoms with Crippen molar-refractivity contribution in [3.8, 4) is 11.5 Å². The van der Waals surface area contributed by atoms with Crippen LogP contribution >= 0.6 is 11.3 Å². The van der Waals surface area contributed by atoms with Gasteiger partial charge < -0.3 is 14.4 Å². The van der Waals surface area contributed by atoms with Crippen molar-refractivity contribution < 1.29 is 14.3 Å². The molecule has 0 bridgehead atoms. The van der Waals surface area contributed by atoms with E-state index < -0.39 is 0 Å². The molecule has 1 amide bonds. The smallest absolute Gasteiger partial charge is 0.237 e. The summed E-state index contributed by atoms with van der Waals surface area (Å²) in [6.07, 6.45) is 3.75. The molecule has 1 saturated heterocycles. The van der Waals surface area contributed by atoms with Crippen LogP contribution in [0.1, 0.15) is 43.3 Å². The number of rotatable bonds is 7. The first-order chi connectivity index (χ1) is 13.0. The number of carbonyl (C=O) groups excluding carboxylic acids is 1. The zero-order valence-corrected chi connectivity index (χ0v) is 17.1. The van der Waals surface area contributed by atoms with Gasteiger partial charge in [-0.3, -0.25) is 10.1 Å². The highest BCUT2D eigenvalue weighted by atomic mass is 32.1. The number of benzene rings is 1. The normalized spacial score (nSPS) is 17.2. The second kappa shape index (κ2) is 8.27. The molecule has 7 heteroatoms. The van der Waals surface area contributed by atoms with E-state index in [0.717, 1.165) is 30.0 Å². The first kappa shape index (κ1) is 19.6. The second-order valence-corrected chi connectivity index (χ2v) is 8.07. The minimum atomic E-state index is -0.331. The molecule has 6 nitrogen and oxygen atoms in total. The number of likely N-dealkylation sites (tertiary alicyclic amines) is 1. The quantitative estimate of drug-likeness (QED) is 0.787. The van der Waals surface area contributed by atoms with Gasteiger partial charge in [0.2, 0.25) is 5.91 Å². The molecule has 1 atom stereocenters. The number of amides is 1. The average Bonchev–Trinajstić information content (AvgIpc) is 3.37. The fraction of sp³-hybridized carbons (Fsp3) is 0.500. The largest absolute Gasteiger partial charge is 0.493 e. The Morgan fingerprint density at radius 3 is 2.78 bits per heavy atom. The van der Waals surface area contributed by atoms with Crippen LogP contribution in [-0.4, -0.2) is 43.1 Å². The number of nitrogens with zero attached hydrogens (tertiary/aromatic N) is 2. The molecule has 0 aliphatic carbocycles. The lowest BCUT2D eigenvalue weighted by molar-refractivity contribution is -0.131. The third-order valence-electron chi connectivity index (χ3n) is 5.01. The summed E-state index contributed by atoms with van der Waals surface area (Å²) in [5.74, 6) is 1.50. The average molecular weight is 390 g/mol. The number of carbonyl (C=O) groups is 1. The number of ether oxygens (including phenoxy) is 2. The Morgan fingerprint density at radius 2 is 2.11 bits per heavy atom. The van der Waals surface area contributed by atoms with Gasteiger partial charge in [-0.2, -0.15) is 0 Å². The van der Waals surface area contributed by atoms with E-state index in [1.54, 1.807) is 31.8 Å². The van der Waals surface area contributed by atoms with Crippen LogP contribution in [0.3, 0.4) is 0 Å². The molecule has 2 aromatic rings. The molecule has 0 spiro atoms. The van der Waals surface area contributed by atoms with Crippen molar-refractivity contribution in [2.45, 2.75) is 38.3 Å². The summed E-state index contributed by atoms with van der Waals surface area (Å²) in [7, 11) is 3.25. The summed E-state index contributed by atoms with van der Waals surface area (Å²) in [4.78, 5) is 19.2. The van der Waals surface area contributed by atoms with Gasteiger partial charge in [-0.05, 0) is 44.4 Å². The molecule has 1 aliphatic rings. The number of nitrogens with one attached hydrogen (secondary N) is 1. The maximum atomic E-state index is 12.9. The summed E-state index contributed by atoms with van der Waals surface area (Å²) in [5.41, 5.74) is 0.750. The molecule has 3 rings (SSSR count). The van der Waals surface area contributed by atoms with E-state index in [-0.39, 0.29) is 24.0 Å². The van der Waals surface area contributed by atoms with E-state index in [9.17, 15) is 4.79 Å². The lowest BCUT2D eigenvalue weighted by Crippen LogP contribution is -2.44. The van der Waals surface area contributed by atoms with Crippen LogP contribution in [0.15, 0.2) is 29.8 Å². The number of hydrogen-bond acceptors (Lipinski definition) is 6. The number of aromatic nitrogens is 1. The first-order valence-corrected chi connectivity index (χ1v) is 10.0. The molecule has 1 fully saturated rings. The van der Waals surface area contributed by atoms with Gasteiger partial charge in [0, 0.05) is 18.1 Å². The van der Waals surface area contributed by atoms with Gasteiger partial charge in [0.25, 0.3) is 0 Å². The van der Waals surface area contributed by atoms with Crippen molar-refractivity contribution in [1.82, 2.24) is 15.2 Å². The Kier molecular flexibility index (Phi) is 6.01. The molecule has 1 N–H and O–H groups in total. The third kappa shape index (κ3) is 4.25. The van der Waals surface area contributed by atoms with Gasteiger partial charge in [0.1, 0.15) is 5.01 Å². The summed E-state index contributed by atoms with van der Waals surface area (Å²) in [5, 5.41) is 6.30. The Balaban J connectivity index is 1.70. The highest BCUT2D eigenvalue weighted by Crippen LogP contribution is 2.37. The Labute approximate surface area is 164 Å². The molecule has 27 heavy (non-hydrogen) atoms. The Morgan fingerprint density at radius 1 is 1.33 bits per heavy atom. The molecule has 1 aliphatic heterocycles. The van der Waals surface area contributed by atoms with Crippen molar-refractivity contribution in [3.63, 3.8) is 0 Å². The van der Waals surface area contributed by atoms with Crippen molar-refractivity contribution in [3.05, 3.63) is 40.3 Å². The van der Waals surface area contributed by atoms with Crippen molar-refractivity contribution in [2.24, 2.45) is 0 Å². The number of methoxy groups -OCH3 is 2. The monoisotopic (exact) mass is 389 g/mol. The van der Waals surface area contributed by atoms with E-state index in [1.807, 2.05) is 28.5 Å². The van der Waals surface area contributed by atoms with Crippen molar-refractivity contribution >= 4 is 17.2 Å². The number of hydrogen-bond donors (Lipinski definition) is 1. The zero-order valence-electron chi connectivity index (χ0n) is 16.3. The fourth-order valence-electron chi connectivity index (χ4n) is 3.48. The predicted molar refractivity (Wildman–Crippen MR) is 106 cm³/mol. The minimum Gasteiger partial charge on any atom is -0.493 e. The molecular formula is C20H27N3O3S. The molecule has 146 valence electrons. The van der Waals surface area contributed by atoms with Gasteiger partial charge in [-0.25, -0.2) is 4.98 Å². The highest BCUT2D eigenvalue weighted by molar-refractivity contribution is 7.09. The molecule has 0 saturated carbocycles. The lowest BCUT2D eigenvalue weighted by atomic mass is 10.0. The maximum Gasteiger partial charge on any atom is 0.237 e. The van der Waals surface area contributed by atoms with Gasteiger partial charge in [-0.1, -0.05) is 6.07 Å². The van der Waals surface area contributed by atoms with Gasteiger partial charge in [0.05, 0.1) is 32.3 Å². The van der Waals surface area contributed by atoms with Crippen LogP contribution in [0, 0.1) is 0 Å². The molecule has 2 heterocycles. The summed E-state index contributed by atoms with van der Waals surface area (Å²) >= 11 is 1.59. The van der Waals surface area contributed by atoms with Crippen LogP contribution in [0.5, 0.6) is 11.5 Å². The van der Waals surface area contributed by atoms with Gasteiger partial charge in [-0.15, -0.1) is 11.3 Å². The van der Waals surface area contributed by atoms with E-state index in [2.05, 4.69) is 24.1 Å². The molecule has 0 unspecified atom stereocenters. The van der Waals surface area contributed by atoms with Crippen LogP contribution in [0.4, 0.5) is 0 Å². The molecule has 0 radical (unpaired) electrons. The summed E-state index contributed by atoms with van der Waals surface area (Å²) < 4.78 is 10.7. The lowest BCUT2D eigenvalue weighted by Gasteiger charge is -2.29. The molecule has 1 aromatic heterocycles. The molecule has 1 aromatic carbocycles. The van der Waals surface area contributed by atoms with Crippen LogP contribution in [-0.2, 0) is 10.3 Å². The van der Waals surface area contributed by atoms with Crippen molar-refractivity contribution in [2.75, 3.05) is 27.3 Å². The summed E-state index contributed by atoms with van der Waals surface area (Å²) in [6, 6.07) is 5.97. The minimum absolute atomic E-state index is 0.0714. The third-order valence-corrected chi connectivity index (χ3v) is 6.11. The molecular weight excluding hydrogens is 362 g/mol. The van der Waals surface area contributed by atoms with E-state index in [1.165, 1.54) is 0 Å². The first-order valence-electron chi connectivity index (χ1n) is 9.12. The van der Waals surface area contributed by atoms with E-state index >= 15 is 0 Å². The van der Waals surface area contributed by atoms with E-state index in [4.69, 9.17) is 9.47 Å². The van der Waals surface area contributed by atoms with Gasteiger partial charge in [0.15, 0.2) is 11.5 Å². The van der Waals surface area contributed by atoms with Crippen LogP contribution in [0.25, 0.3) is 0 Å². The SMILES string of the molecule is COc1ccc([C@@H]2CCCN2C(=O)CNC(C)(C)c2nccs2)cc1OC. The zero-order chi connectivity index (χ0) is 19.4. The fourth-order valence-corrected chi connectivity index (χ4v) is 4.22. The topological polar surface area (TPSA) is 63.7 Å². The number of thiazole rings is 1. The predicted octanol–water partition coefficient (Wildman–Crippen LogP) is 3.35. The van der Waals surface area contributed by atoms with E-state index in [0.29, 0.717) is 11.5 Å². The van der Waals surface area contributed by atoms with Gasteiger partial charge >= 0.3 is 0 Å². The van der Waals surface area contributed by atoms with Crippen LogP contribution < -0.4 is 14.8 Å². The standard InChI is InChI=1S/C20H27N3O3S/c1-20(2,19-21-9-11-27-19)22-13-18(24)23-10-5-6-15(23)14-7-8-16(25-3)17(12-14)26-4/h7-9,11-12,15,22H,5-6,10,13H2,1-4H3/t15-/m0/s1. The summed E-state index contributed by atoms with van der Waals surface area (Å²) in [6.45, 7) is 5.16.